The van der Waals surface area contributed by atoms with E-state index in [-0.39, 0.29) is 5.69 Å². The van der Waals surface area contributed by atoms with E-state index in [9.17, 15) is 14.7 Å². The maximum Gasteiger partial charge on any atom is 0.356 e. The first-order valence-electron chi connectivity index (χ1n) is 5.83. The van der Waals surface area contributed by atoms with Gasteiger partial charge in [-0.1, -0.05) is 12.1 Å². The summed E-state index contributed by atoms with van der Waals surface area (Å²) in [5.41, 5.74) is 0.946. The van der Waals surface area contributed by atoms with Crippen molar-refractivity contribution in [3.8, 4) is 0 Å². The molecule has 0 radical (unpaired) electrons. The zero-order valence-electron chi connectivity index (χ0n) is 11.3. The summed E-state index contributed by atoms with van der Waals surface area (Å²) in [6, 6.07) is 4.67. The van der Waals surface area contributed by atoms with Gasteiger partial charge in [0.15, 0.2) is 5.78 Å². The lowest BCUT2D eigenvalue weighted by Gasteiger charge is -2.34. The van der Waals surface area contributed by atoms with E-state index in [4.69, 9.17) is 9.05 Å². The zero-order chi connectivity index (χ0) is 14.9. The lowest BCUT2D eigenvalue weighted by atomic mass is 10.0. The second-order valence-electron chi connectivity index (χ2n) is 4.30. The average Bonchev–Trinajstić information content (AvgIpc) is 2.45. The van der Waals surface area contributed by atoms with E-state index in [0.717, 1.165) is 0 Å². The third kappa shape index (κ3) is 2.24. The fraction of sp³-hybridized carbons (Fsp3) is 0.333. The molecule has 0 saturated carbocycles. The number of nitrogens with zero attached hydrogens (tertiary/aromatic N) is 2. The summed E-state index contributed by atoms with van der Waals surface area (Å²) in [7, 11) is 0.871. The van der Waals surface area contributed by atoms with Crippen LogP contribution in [0.4, 0.5) is 5.69 Å². The Bertz CT molecular complexity index is 608. The molecular weight excluding hydrogens is 283 g/mol. The van der Waals surface area contributed by atoms with E-state index < -0.39 is 18.3 Å². The summed E-state index contributed by atoms with van der Waals surface area (Å²) < 4.78 is 22.8. The summed E-state index contributed by atoms with van der Waals surface area (Å²) in [4.78, 5) is 12.3. The SMILES string of the molecule is COP(=O)(OC)C1c2cccc([N+](=O)[O-])c2C=CN1C. The first kappa shape index (κ1) is 14.7. The van der Waals surface area contributed by atoms with Gasteiger partial charge in [0.2, 0.25) is 0 Å². The minimum Gasteiger partial charge on any atom is -0.363 e. The van der Waals surface area contributed by atoms with Gasteiger partial charge >= 0.3 is 7.60 Å². The van der Waals surface area contributed by atoms with Crippen LogP contribution >= 0.6 is 7.60 Å². The fourth-order valence-corrected chi connectivity index (χ4v) is 3.93. The number of nitro benzene ring substituents is 1. The number of hydrogen-bond acceptors (Lipinski definition) is 6. The van der Waals surface area contributed by atoms with Gasteiger partial charge in [0.25, 0.3) is 5.69 Å². The van der Waals surface area contributed by atoms with Crippen LogP contribution < -0.4 is 0 Å². The first-order chi connectivity index (χ1) is 9.44. The molecule has 108 valence electrons. The Morgan fingerprint density at radius 2 is 2.00 bits per heavy atom. The van der Waals surface area contributed by atoms with Crippen LogP contribution in [0.1, 0.15) is 16.9 Å². The summed E-state index contributed by atoms with van der Waals surface area (Å²) in [5.74, 6) is -0.711. The second-order valence-corrected chi connectivity index (χ2v) is 6.60. The summed E-state index contributed by atoms with van der Waals surface area (Å²) >= 11 is 0. The smallest absolute Gasteiger partial charge is 0.356 e. The van der Waals surface area contributed by atoms with Crippen LogP contribution in [-0.4, -0.2) is 31.1 Å². The van der Waals surface area contributed by atoms with Crippen LogP contribution in [0.5, 0.6) is 0 Å². The standard InChI is InChI=1S/C12H15N2O5P/c1-13-8-7-9-10(5-4-6-11(9)14(15)16)12(13)20(17,18-2)19-3/h4-8,12H,1-3H3. The van der Waals surface area contributed by atoms with Gasteiger partial charge in [0, 0.05) is 39.1 Å². The van der Waals surface area contributed by atoms with Crippen molar-refractivity contribution in [3.05, 3.63) is 45.6 Å². The maximum atomic E-state index is 12.7. The van der Waals surface area contributed by atoms with Crippen molar-refractivity contribution in [1.29, 1.82) is 0 Å². The van der Waals surface area contributed by atoms with Crippen LogP contribution in [-0.2, 0) is 13.6 Å². The molecule has 0 aliphatic carbocycles. The Balaban J connectivity index is 2.65. The van der Waals surface area contributed by atoms with E-state index in [1.54, 1.807) is 36.4 Å². The van der Waals surface area contributed by atoms with Crippen molar-refractivity contribution >= 4 is 19.4 Å². The number of nitro groups is 1. The van der Waals surface area contributed by atoms with Crippen LogP contribution in [0, 0.1) is 10.1 Å². The highest BCUT2D eigenvalue weighted by Crippen LogP contribution is 2.62. The molecule has 2 rings (SSSR count). The second kappa shape index (κ2) is 5.36. The highest BCUT2D eigenvalue weighted by Gasteiger charge is 2.41. The molecule has 1 aliphatic heterocycles. The largest absolute Gasteiger partial charge is 0.363 e. The monoisotopic (exact) mass is 298 g/mol. The van der Waals surface area contributed by atoms with Crippen LogP contribution in [0.25, 0.3) is 6.08 Å². The molecule has 1 aliphatic rings. The van der Waals surface area contributed by atoms with E-state index in [0.29, 0.717) is 11.1 Å². The fourth-order valence-electron chi connectivity index (χ4n) is 2.30. The van der Waals surface area contributed by atoms with Crippen molar-refractivity contribution in [3.63, 3.8) is 0 Å². The highest BCUT2D eigenvalue weighted by molar-refractivity contribution is 7.54. The van der Waals surface area contributed by atoms with E-state index in [1.165, 1.54) is 20.3 Å². The van der Waals surface area contributed by atoms with Gasteiger partial charge in [-0.3, -0.25) is 14.7 Å². The van der Waals surface area contributed by atoms with Gasteiger partial charge in [0.05, 0.1) is 10.5 Å². The lowest BCUT2D eigenvalue weighted by Crippen LogP contribution is -2.24. The average molecular weight is 298 g/mol. The number of benzene rings is 1. The van der Waals surface area contributed by atoms with Crippen molar-refractivity contribution in [1.82, 2.24) is 4.90 Å². The number of fused-ring (bicyclic) bond motifs is 1. The molecule has 0 bridgehead atoms. The van der Waals surface area contributed by atoms with Gasteiger partial charge in [-0.05, 0) is 6.08 Å². The third-order valence-electron chi connectivity index (χ3n) is 3.26. The summed E-state index contributed by atoms with van der Waals surface area (Å²) in [6.45, 7) is 0. The van der Waals surface area contributed by atoms with Gasteiger partial charge in [-0.15, -0.1) is 0 Å². The van der Waals surface area contributed by atoms with E-state index >= 15 is 0 Å². The van der Waals surface area contributed by atoms with Gasteiger partial charge < -0.3 is 13.9 Å². The Morgan fingerprint density at radius 1 is 1.35 bits per heavy atom. The molecule has 0 saturated heterocycles. The highest BCUT2D eigenvalue weighted by atomic mass is 31.2. The minimum atomic E-state index is -3.44. The molecule has 1 aromatic carbocycles. The zero-order valence-corrected chi connectivity index (χ0v) is 12.2. The Labute approximate surface area is 116 Å². The summed E-state index contributed by atoms with van der Waals surface area (Å²) in [5, 5.41) is 11.1. The van der Waals surface area contributed by atoms with Gasteiger partial charge in [-0.25, -0.2) is 0 Å². The Hall–Kier alpha value is -1.69. The van der Waals surface area contributed by atoms with Crippen molar-refractivity contribution in [2.75, 3.05) is 21.3 Å². The van der Waals surface area contributed by atoms with Crippen molar-refractivity contribution in [2.45, 2.75) is 5.78 Å². The molecule has 8 heteroatoms. The van der Waals surface area contributed by atoms with Crippen LogP contribution in [0.3, 0.4) is 0 Å². The van der Waals surface area contributed by atoms with Crippen molar-refractivity contribution < 1.29 is 18.5 Å². The molecule has 1 unspecified atom stereocenters. The topological polar surface area (TPSA) is 81.9 Å². The quantitative estimate of drug-likeness (QED) is 0.483. The van der Waals surface area contributed by atoms with Crippen molar-refractivity contribution in [2.24, 2.45) is 0 Å². The Kier molecular flexibility index (Phi) is 3.94. The maximum absolute atomic E-state index is 12.7. The Morgan fingerprint density at radius 3 is 2.55 bits per heavy atom. The number of rotatable bonds is 4. The molecule has 1 heterocycles. The third-order valence-corrected chi connectivity index (χ3v) is 5.52. The molecule has 20 heavy (non-hydrogen) atoms. The molecular formula is C12H15N2O5P. The molecule has 1 aromatic rings. The van der Waals surface area contributed by atoms with Crippen LogP contribution in [0.15, 0.2) is 24.4 Å². The minimum absolute atomic E-state index is 0.0318. The normalized spacial score (nSPS) is 17.9. The predicted molar refractivity (Wildman–Crippen MR) is 74.3 cm³/mol. The molecule has 0 N–H and O–H groups in total. The first-order valence-corrected chi connectivity index (χ1v) is 7.44. The summed E-state index contributed by atoms with van der Waals surface area (Å²) in [6.07, 6.45) is 3.25. The van der Waals surface area contributed by atoms with Gasteiger partial charge in [0.1, 0.15) is 0 Å². The number of hydrogen-bond donors (Lipinski definition) is 0. The van der Waals surface area contributed by atoms with E-state index in [2.05, 4.69) is 0 Å². The molecule has 1 atom stereocenters. The molecule has 0 spiro atoms. The molecule has 0 aromatic heterocycles. The lowest BCUT2D eigenvalue weighted by molar-refractivity contribution is -0.385. The van der Waals surface area contributed by atoms with E-state index in [1.807, 2.05) is 0 Å². The molecule has 0 fully saturated rings. The predicted octanol–water partition coefficient (Wildman–Crippen LogP) is 3.00. The van der Waals surface area contributed by atoms with Crippen LogP contribution in [0.2, 0.25) is 0 Å². The van der Waals surface area contributed by atoms with Gasteiger partial charge in [-0.2, -0.15) is 0 Å². The molecule has 7 nitrogen and oxygen atoms in total. The molecule has 0 amide bonds.